The molecule has 0 unspecified atom stereocenters. The first-order valence-electron chi connectivity index (χ1n) is 3.95. The highest BCUT2D eigenvalue weighted by molar-refractivity contribution is 5.85. The third-order valence-electron chi connectivity index (χ3n) is 2.38. The van der Waals surface area contributed by atoms with E-state index in [0.717, 1.165) is 6.42 Å². The van der Waals surface area contributed by atoms with Crippen molar-refractivity contribution in [2.75, 3.05) is 0 Å². The zero-order valence-corrected chi connectivity index (χ0v) is 6.64. The first-order valence-corrected chi connectivity index (χ1v) is 3.95. The number of rotatable bonds is 1. The van der Waals surface area contributed by atoms with E-state index in [2.05, 4.69) is 0 Å². The topological polar surface area (TPSA) is 37.3 Å². The highest BCUT2D eigenvalue weighted by Crippen LogP contribution is 2.32. The summed E-state index contributed by atoms with van der Waals surface area (Å²) in [5.41, 5.74) is -1.95. The summed E-state index contributed by atoms with van der Waals surface area (Å²) in [6, 6.07) is 0. The maximum Gasteiger partial charge on any atom is 0.193 e. The molecule has 11 heavy (non-hydrogen) atoms. The van der Waals surface area contributed by atoms with Crippen molar-refractivity contribution in [3.63, 3.8) is 0 Å². The molecule has 1 aliphatic carbocycles. The second kappa shape index (κ2) is 2.89. The predicted octanol–water partition coefficient (Wildman–Crippen LogP) is 1.22. The van der Waals surface area contributed by atoms with E-state index in [-0.39, 0.29) is 6.42 Å². The molecule has 0 aromatic rings. The molecule has 3 heteroatoms. The molecule has 1 rings (SSSR count). The van der Waals surface area contributed by atoms with E-state index in [9.17, 15) is 14.3 Å². The second-order valence-corrected chi connectivity index (χ2v) is 3.18. The molecule has 64 valence electrons. The van der Waals surface area contributed by atoms with Gasteiger partial charge in [-0.15, -0.1) is 0 Å². The van der Waals surface area contributed by atoms with Crippen molar-refractivity contribution in [2.45, 2.75) is 44.4 Å². The Morgan fingerprint density at radius 1 is 1.64 bits per heavy atom. The van der Waals surface area contributed by atoms with Crippen LogP contribution in [0.5, 0.6) is 0 Å². The zero-order chi connectivity index (χ0) is 8.48. The number of hydrogen-bond donors (Lipinski definition) is 1. The highest BCUT2D eigenvalue weighted by atomic mass is 19.1. The third-order valence-corrected chi connectivity index (χ3v) is 2.38. The molecule has 0 bridgehead atoms. The number of hydrogen-bond acceptors (Lipinski definition) is 2. The van der Waals surface area contributed by atoms with Crippen LogP contribution in [0, 0.1) is 0 Å². The molecule has 1 fully saturated rings. The van der Waals surface area contributed by atoms with Gasteiger partial charge in [0.05, 0.1) is 6.10 Å². The number of aliphatic hydroxyl groups is 1. The first-order chi connectivity index (χ1) is 5.07. The molecular weight excluding hydrogens is 147 g/mol. The van der Waals surface area contributed by atoms with E-state index in [1.54, 1.807) is 0 Å². The van der Waals surface area contributed by atoms with Gasteiger partial charge in [-0.25, -0.2) is 4.39 Å². The minimum absolute atomic E-state index is 0.184. The van der Waals surface area contributed by atoms with Crippen molar-refractivity contribution >= 4 is 5.78 Å². The number of alkyl halides is 1. The molecule has 0 spiro atoms. The average molecular weight is 160 g/mol. The lowest BCUT2D eigenvalue weighted by Gasteiger charge is -2.31. The van der Waals surface area contributed by atoms with E-state index in [1.807, 2.05) is 0 Å². The highest BCUT2D eigenvalue weighted by Gasteiger charge is 2.44. The van der Waals surface area contributed by atoms with E-state index in [1.165, 1.54) is 6.92 Å². The maximum atomic E-state index is 13.5. The second-order valence-electron chi connectivity index (χ2n) is 3.18. The van der Waals surface area contributed by atoms with Crippen molar-refractivity contribution in [1.82, 2.24) is 0 Å². The quantitative estimate of drug-likeness (QED) is 0.626. The fourth-order valence-corrected chi connectivity index (χ4v) is 1.53. The van der Waals surface area contributed by atoms with Crippen LogP contribution < -0.4 is 0 Å². The van der Waals surface area contributed by atoms with Crippen LogP contribution in [-0.2, 0) is 4.79 Å². The van der Waals surface area contributed by atoms with Crippen LogP contribution in [0.15, 0.2) is 0 Å². The molecule has 2 nitrogen and oxygen atoms in total. The van der Waals surface area contributed by atoms with Gasteiger partial charge < -0.3 is 5.11 Å². The lowest BCUT2D eigenvalue weighted by atomic mass is 9.81. The van der Waals surface area contributed by atoms with Gasteiger partial charge in [0.15, 0.2) is 11.5 Å². The van der Waals surface area contributed by atoms with Crippen molar-refractivity contribution in [2.24, 2.45) is 0 Å². The van der Waals surface area contributed by atoms with Crippen LogP contribution in [-0.4, -0.2) is 22.7 Å². The number of aliphatic hydroxyl groups excluding tert-OH is 1. The molecule has 1 saturated carbocycles. The summed E-state index contributed by atoms with van der Waals surface area (Å²) < 4.78 is 13.5. The fourth-order valence-electron chi connectivity index (χ4n) is 1.53. The predicted molar refractivity (Wildman–Crippen MR) is 39.0 cm³/mol. The molecule has 1 N–H and O–H groups in total. The minimum Gasteiger partial charge on any atom is -0.389 e. The van der Waals surface area contributed by atoms with Gasteiger partial charge in [-0.2, -0.15) is 0 Å². The normalized spacial score (nSPS) is 38.6. The van der Waals surface area contributed by atoms with E-state index >= 15 is 0 Å². The molecule has 2 atom stereocenters. The Labute approximate surface area is 65.4 Å². The molecule has 1 aliphatic rings. The van der Waals surface area contributed by atoms with Gasteiger partial charge in [0.25, 0.3) is 0 Å². The first kappa shape index (κ1) is 8.65. The largest absolute Gasteiger partial charge is 0.389 e. The Morgan fingerprint density at radius 3 is 2.64 bits per heavy atom. The molecule has 0 saturated heterocycles. The van der Waals surface area contributed by atoms with Crippen molar-refractivity contribution in [3.8, 4) is 0 Å². The van der Waals surface area contributed by atoms with E-state index < -0.39 is 17.6 Å². The maximum absolute atomic E-state index is 13.5. The molecule has 0 aromatic carbocycles. The number of carbonyl (C=O) groups is 1. The monoisotopic (exact) mass is 160 g/mol. The molecule has 0 aliphatic heterocycles. The van der Waals surface area contributed by atoms with E-state index in [4.69, 9.17) is 0 Å². The smallest absolute Gasteiger partial charge is 0.193 e. The Balaban J connectivity index is 2.72. The lowest BCUT2D eigenvalue weighted by Crippen LogP contribution is -2.46. The molecular formula is C8H13FO2. The van der Waals surface area contributed by atoms with E-state index in [0.29, 0.717) is 12.8 Å². The number of carbonyl (C=O) groups excluding carboxylic acids is 1. The van der Waals surface area contributed by atoms with Gasteiger partial charge in [0.1, 0.15) is 0 Å². The molecule has 0 aromatic heterocycles. The lowest BCUT2D eigenvalue weighted by molar-refractivity contribution is -0.140. The van der Waals surface area contributed by atoms with Crippen molar-refractivity contribution in [1.29, 1.82) is 0 Å². The summed E-state index contributed by atoms with van der Waals surface area (Å²) in [5.74, 6) is -0.537. The average Bonchev–Trinajstić information content (AvgIpc) is 1.95. The zero-order valence-electron chi connectivity index (χ0n) is 6.64. The Bertz CT molecular complexity index is 169. The van der Waals surface area contributed by atoms with Gasteiger partial charge in [-0.3, -0.25) is 4.79 Å². The Morgan fingerprint density at radius 2 is 2.27 bits per heavy atom. The SMILES string of the molecule is CC(=O)[C@]1(F)CCCC[C@H]1O. The van der Waals surface area contributed by atoms with Gasteiger partial charge in [-0.1, -0.05) is 6.42 Å². The number of Topliss-reactive ketones (excluding diaryl/α,β-unsaturated/α-hetero) is 1. The molecule has 0 amide bonds. The van der Waals surface area contributed by atoms with Gasteiger partial charge in [0, 0.05) is 0 Å². The van der Waals surface area contributed by atoms with Gasteiger partial charge >= 0.3 is 0 Å². The van der Waals surface area contributed by atoms with Crippen LogP contribution in [0.4, 0.5) is 4.39 Å². The standard InChI is InChI=1S/C8H13FO2/c1-6(10)8(9)5-3-2-4-7(8)11/h7,11H,2-5H2,1H3/t7-,8-/m1/s1. The van der Waals surface area contributed by atoms with Crippen LogP contribution in [0.3, 0.4) is 0 Å². The van der Waals surface area contributed by atoms with Crippen LogP contribution >= 0.6 is 0 Å². The summed E-state index contributed by atoms with van der Waals surface area (Å²) >= 11 is 0. The molecule has 0 radical (unpaired) electrons. The van der Waals surface area contributed by atoms with Crippen molar-refractivity contribution < 1.29 is 14.3 Å². The number of ketones is 1. The fraction of sp³-hybridized carbons (Fsp3) is 0.875. The summed E-state index contributed by atoms with van der Waals surface area (Å²) in [6.07, 6.45) is 1.04. The Kier molecular flexibility index (Phi) is 2.28. The Hall–Kier alpha value is -0.440. The van der Waals surface area contributed by atoms with Gasteiger partial charge in [-0.05, 0) is 26.2 Å². The van der Waals surface area contributed by atoms with Crippen LogP contribution in [0.1, 0.15) is 32.6 Å². The van der Waals surface area contributed by atoms with Crippen LogP contribution in [0.2, 0.25) is 0 Å². The summed E-state index contributed by atoms with van der Waals surface area (Å²) in [6.45, 7) is 1.20. The summed E-state index contributed by atoms with van der Waals surface area (Å²) in [5, 5.41) is 9.20. The van der Waals surface area contributed by atoms with Gasteiger partial charge in [0.2, 0.25) is 0 Å². The molecule has 0 heterocycles. The van der Waals surface area contributed by atoms with Crippen molar-refractivity contribution in [3.05, 3.63) is 0 Å². The summed E-state index contributed by atoms with van der Waals surface area (Å²) in [7, 11) is 0. The number of halogens is 1. The summed E-state index contributed by atoms with van der Waals surface area (Å²) in [4.78, 5) is 10.8. The third kappa shape index (κ3) is 1.43. The van der Waals surface area contributed by atoms with Crippen LogP contribution in [0.25, 0.3) is 0 Å². The minimum atomic E-state index is -1.95.